The van der Waals surface area contributed by atoms with Gasteiger partial charge in [-0.3, -0.25) is 4.79 Å². The predicted octanol–water partition coefficient (Wildman–Crippen LogP) is 6.60. The number of aromatic nitrogens is 3. The molecule has 0 bridgehead atoms. The topological polar surface area (TPSA) is 69.0 Å². The van der Waals surface area contributed by atoms with E-state index in [2.05, 4.69) is 15.4 Å². The Morgan fingerprint density at radius 2 is 1.49 bits per heavy atom. The van der Waals surface area contributed by atoms with Crippen LogP contribution in [0, 0.1) is 13.8 Å². The van der Waals surface area contributed by atoms with Gasteiger partial charge in [-0.05, 0) is 67.9 Å². The molecule has 0 aliphatic carbocycles. The number of aryl methyl sites for hydroxylation is 2. The molecule has 1 N–H and O–H groups in total. The molecule has 0 radical (unpaired) electrons. The Morgan fingerprint density at radius 3 is 2.20 bits per heavy atom. The van der Waals surface area contributed by atoms with Gasteiger partial charge in [0, 0.05) is 11.3 Å². The number of rotatable bonds is 6. The molecular formula is C29H24N4O2. The lowest BCUT2D eigenvalue weighted by Gasteiger charge is -2.07. The molecule has 0 unspecified atom stereocenters. The van der Waals surface area contributed by atoms with Crippen LogP contribution in [0.2, 0.25) is 0 Å². The van der Waals surface area contributed by atoms with Gasteiger partial charge in [0.15, 0.2) is 5.82 Å². The Hall–Kier alpha value is -4.71. The van der Waals surface area contributed by atoms with Crippen molar-refractivity contribution in [2.75, 3.05) is 5.32 Å². The Balaban J connectivity index is 1.40. The molecule has 35 heavy (non-hydrogen) atoms. The first-order valence-electron chi connectivity index (χ1n) is 11.3. The largest absolute Gasteiger partial charge is 0.457 e. The van der Waals surface area contributed by atoms with Gasteiger partial charge in [0.05, 0.1) is 5.69 Å². The van der Waals surface area contributed by atoms with Crippen LogP contribution in [0.3, 0.4) is 0 Å². The van der Waals surface area contributed by atoms with E-state index in [1.165, 1.54) is 0 Å². The zero-order chi connectivity index (χ0) is 24.2. The number of nitrogens with zero attached hydrogens (tertiary/aromatic N) is 3. The first-order valence-corrected chi connectivity index (χ1v) is 11.3. The maximum atomic E-state index is 13.1. The smallest absolute Gasteiger partial charge is 0.295 e. The second-order valence-corrected chi connectivity index (χ2v) is 8.27. The number of benzene rings is 4. The second-order valence-electron chi connectivity index (χ2n) is 8.27. The third-order valence-electron chi connectivity index (χ3n) is 5.46. The highest BCUT2D eigenvalue weighted by molar-refractivity contribution is 6.01. The summed E-state index contributed by atoms with van der Waals surface area (Å²) in [6.45, 7) is 4.05. The number of ether oxygens (including phenoxy) is 1. The van der Waals surface area contributed by atoms with Crippen molar-refractivity contribution in [3.8, 4) is 28.6 Å². The van der Waals surface area contributed by atoms with E-state index in [-0.39, 0.29) is 11.7 Å². The molecule has 0 atom stereocenters. The van der Waals surface area contributed by atoms with E-state index in [0.717, 1.165) is 28.1 Å². The fraction of sp³-hybridized carbons (Fsp3) is 0.0690. The molecule has 6 heteroatoms. The summed E-state index contributed by atoms with van der Waals surface area (Å²) in [5.74, 6) is 1.73. The summed E-state index contributed by atoms with van der Waals surface area (Å²) in [5.41, 5.74) is 4.59. The molecule has 5 aromatic rings. The van der Waals surface area contributed by atoms with Crippen LogP contribution in [0.1, 0.15) is 21.7 Å². The number of carbonyl (C=O) groups excluding carboxylic acids is 1. The van der Waals surface area contributed by atoms with Crippen molar-refractivity contribution < 1.29 is 9.53 Å². The molecule has 0 saturated heterocycles. The SMILES string of the molecule is Cc1ccc(-c2nc(C(=O)Nc3ccc(Oc4ccccc4)cc3)nn2-c2cccc(C)c2)cc1. The average molecular weight is 461 g/mol. The van der Waals surface area contributed by atoms with E-state index in [1.54, 1.807) is 28.9 Å². The summed E-state index contributed by atoms with van der Waals surface area (Å²) < 4.78 is 7.53. The molecule has 172 valence electrons. The van der Waals surface area contributed by atoms with E-state index >= 15 is 0 Å². The molecule has 4 aromatic carbocycles. The highest BCUT2D eigenvalue weighted by Crippen LogP contribution is 2.25. The molecule has 0 spiro atoms. The van der Waals surface area contributed by atoms with Crippen molar-refractivity contribution in [2.45, 2.75) is 13.8 Å². The van der Waals surface area contributed by atoms with Crippen LogP contribution in [0.5, 0.6) is 11.5 Å². The number of anilines is 1. The summed E-state index contributed by atoms with van der Waals surface area (Å²) in [7, 11) is 0. The van der Waals surface area contributed by atoms with Gasteiger partial charge in [-0.15, -0.1) is 5.10 Å². The number of para-hydroxylation sites is 1. The third-order valence-corrected chi connectivity index (χ3v) is 5.46. The number of carbonyl (C=O) groups is 1. The lowest BCUT2D eigenvalue weighted by molar-refractivity contribution is 0.101. The molecular weight excluding hydrogens is 436 g/mol. The number of hydrogen-bond acceptors (Lipinski definition) is 4. The van der Waals surface area contributed by atoms with Crippen LogP contribution < -0.4 is 10.1 Å². The third kappa shape index (κ3) is 5.12. The Morgan fingerprint density at radius 1 is 0.771 bits per heavy atom. The van der Waals surface area contributed by atoms with Gasteiger partial charge in [-0.25, -0.2) is 9.67 Å². The number of nitrogens with one attached hydrogen (secondary N) is 1. The fourth-order valence-corrected chi connectivity index (χ4v) is 3.66. The van der Waals surface area contributed by atoms with Gasteiger partial charge >= 0.3 is 0 Å². The van der Waals surface area contributed by atoms with Crippen molar-refractivity contribution >= 4 is 11.6 Å². The van der Waals surface area contributed by atoms with Crippen LogP contribution in [-0.2, 0) is 0 Å². The molecule has 6 nitrogen and oxygen atoms in total. The van der Waals surface area contributed by atoms with Gasteiger partial charge in [0.25, 0.3) is 5.91 Å². The van der Waals surface area contributed by atoms with Crippen molar-refractivity contribution in [3.63, 3.8) is 0 Å². The summed E-state index contributed by atoms with van der Waals surface area (Å²) in [5, 5.41) is 7.44. The maximum Gasteiger partial charge on any atom is 0.295 e. The number of amides is 1. The van der Waals surface area contributed by atoms with Crippen molar-refractivity contribution in [1.29, 1.82) is 0 Å². The minimum atomic E-state index is -0.388. The molecule has 0 fully saturated rings. The van der Waals surface area contributed by atoms with E-state index < -0.39 is 0 Å². The monoisotopic (exact) mass is 460 g/mol. The fourth-order valence-electron chi connectivity index (χ4n) is 3.66. The first kappa shape index (κ1) is 22.1. The van der Waals surface area contributed by atoms with Crippen LogP contribution >= 0.6 is 0 Å². The molecule has 0 saturated carbocycles. The molecule has 1 aromatic heterocycles. The first-order chi connectivity index (χ1) is 17.0. The zero-order valence-corrected chi connectivity index (χ0v) is 19.5. The predicted molar refractivity (Wildman–Crippen MR) is 137 cm³/mol. The second kappa shape index (κ2) is 9.65. The minimum Gasteiger partial charge on any atom is -0.457 e. The summed E-state index contributed by atoms with van der Waals surface area (Å²) in [4.78, 5) is 17.7. The van der Waals surface area contributed by atoms with E-state index in [9.17, 15) is 4.79 Å². The van der Waals surface area contributed by atoms with Crippen molar-refractivity contribution in [3.05, 3.63) is 120 Å². The normalized spacial score (nSPS) is 10.7. The van der Waals surface area contributed by atoms with Crippen LogP contribution in [0.25, 0.3) is 17.1 Å². The molecule has 5 rings (SSSR count). The van der Waals surface area contributed by atoms with E-state index in [4.69, 9.17) is 4.74 Å². The van der Waals surface area contributed by atoms with Crippen LogP contribution in [0.4, 0.5) is 5.69 Å². The summed E-state index contributed by atoms with van der Waals surface area (Å²) >= 11 is 0. The van der Waals surface area contributed by atoms with Crippen LogP contribution in [-0.4, -0.2) is 20.7 Å². The molecule has 0 aliphatic rings. The van der Waals surface area contributed by atoms with Gasteiger partial charge < -0.3 is 10.1 Å². The lowest BCUT2D eigenvalue weighted by Crippen LogP contribution is -2.14. The Labute approximate surface area is 203 Å². The van der Waals surface area contributed by atoms with Crippen LogP contribution in [0.15, 0.2) is 103 Å². The van der Waals surface area contributed by atoms with E-state index in [1.807, 2.05) is 92.7 Å². The summed E-state index contributed by atoms with van der Waals surface area (Å²) in [6, 6.07) is 32.7. The summed E-state index contributed by atoms with van der Waals surface area (Å²) in [6.07, 6.45) is 0. The van der Waals surface area contributed by atoms with Crippen molar-refractivity contribution in [2.24, 2.45) is 0 Å². The number of hydrogen-bond donors (Lipinski definition) is 1. The highest BCUT2D eigenvalue weighted by Gasteiger charge is 2.19. The molecule has 0 aliphatic heterocycles. The lowest BCUT2D eigenvalue weighted by atomic mass is 10.1. The highest BCUT2D eigenvalue weighted by atomic mass is 16.5. The van der Waals surface area contributed by atoms with Gasteiger partial charge in [0.2, 0.25) is 5.82 Å². The molecule has 1 amide bonds. The Kier molecular flexibility index (Phi) is 6.09. The Bertz CT molecular complexity index is 1460. The van der Waals surface area contributed by atoms with Crippen molar-refractivity contribution in [1.82, 2.24) is 14.8 Å². The molecule has 1 heterocycles. The van der Waals surface area contributed by atoms with Gasteiger partial charge in [-0.2, -0.15) is 0 Å². The average Bonchev–Trinajstić information content (AvgIpc) is 3.32. The zero-order valence-electron chi connectivity index (χ0n) is 19.5. The standard InChI is InChI=1S/C29H24N4O2/c1-20-11-13-22(14-12-20)28-31-27(32-33(28)24-8-6-7-21(2)19-24)29(34)30-23-15-17-26(18-16-23)35-25-9-4-3-5-10-25/h3-19H,1-2H3,(H,30,34). The quantitative estimate of drug-likeness (QED) is 0.310. The van der Waals surface area contributed by atoms with Gasteiger partial charge in [0.1, 0.15) is 11.5 Å². The maximum absolute atomic E-state index is 13.1. The minimum absolute atomic E-state index is 0.0895. The van der Waals surface area contributed by atoms with E-state index in [0.29, 0.717) is 17.3 Å². The van der Waals surface area contributed by atoms with Gasteiger partial charge in [-0.1, -0.05) is 60.2 Å².